The second kappa shape index (κ2) is 7.97. The summed E-state index contributed by atoms with van der Waals surface area (Å²) in [6, 6.07) is 11.8. The Labute approximate surface area is 178 Å². The fourth-order valence-electron chi connectivity index (χ4n) is 5.27. The van der Waals surface area contributed by atoms with Gasteiger partial charge in [-0.2, -0.15) is 10.5 Å². The smallest absolute Gasteiger partial charge is 0.337 e. The lowest BCUT2D eigenvalue weighted by Gasteiger charge is -2.53. The first-order chi connectivity index (χ1) is 14.3. The quantitative estimate of drug-likeness (QED) is 0.608. The normalized spacial score (nSPS) is 25.5. The molecular formula is C24H28N4O2. The molecule has 6 heteroatoms. The van der Waals surface area contributed by atoms with Crippen LogP contribution in [0.15, 0.2) is 47.2 Å². The third-order valence-electron chi connectivity index (χ3n) is 6.56. The molecule has 2 atom stereocenters. The number of carbonyl (C=O) groups is 1. The van der Waals surface area contributed by atoms with Crippen molar-refractivity contribution >= 4 is 5.97 Å². The number of allylic oxidation sites excluding steroid dienone is 2. The number of methoxy groups -OCH3 is 1. The molecule has 0 unspecified atom stereocenters. The summed E-state index contributed by atoms with van der Waals surface area (Å²) in [5.41, 5.74) is 7.98. The predicted octanol–water partition coefficient (Wildman–Crippen LogP) is 3.49. The van der Waals surface area contributed by atoms with Gasteiger partial charge in [-0.25, -0.2) is 4.79 Å². The van der Waals surface area contributed by atoms with E-state index < -0.39 is 10.8 Å². The van der Waals surface area contributed by atoms with Crippen LogP contribution >= 0.6 is 0 Å². The van der Waals surface area contributed by atoms with E-state index in [0.717, 1.165) is 36.2 Å². The Morgan fingerprint density at radius 2 is 1.93 bits per heavy atom. The maximum atomic E-state index is 11.8. The number of nitrogens with two attached hydrogens (primary N) is 1. The van der Waals surface area contributed by atoms with Crippen LogP contribution in [0.25, 0.3) is 0 Å². The van der Waals surface area contributed by atoms with Crippen LogP contribution in [0.3, 0.4) is 0 Å². The summed E-state index contributed by atoms with van der Waals surface area (Å²) in [6.45, 7) is 8.55. The van der Waals surface area contributed by atoms with Crippen molar-refractivity contribution in [2.24, 2.45) is 16.6 Å². The zero-order valence-corrected chi connectivity index (χ0v) is 18.0. The molecule has 0 aromatic heterocycles. The predicted molar refractivity (Wildman–Crippen MR) is 114 cm³/mol. The van der Waals surface area contributed by atoms with E-state index in [-0.39, 0.29) is 11.9 Å². The highest BCUT2D eigenvalue weighted by molar-refractivity contribution is 5.89. The number of ether oxygens (including phenoxy) is 1. The van der Waals surface area contributed by atoms with Crippen LogP contribution in [0.4, 0.5) is 0 Å². The second-order valence-electron chi connectivity index (χ2n) is 8.39. The summed E-state index contributed by atoms with van der Waals surface area (Å²) in [5, 5.41) is 20.1. The summed E-state index contributed by atoms with van der Waals surface area (Å²) in [5.74, 6) is -0.492. The van der Waals surface area contributed by atoms with Crippen molar-refractivity contribution < 1.29 is 9.53 Å². The molecule has 2 aliphatic rings. The van der Waals surface area contributed by atoms with E-state index in [4.69, 9.17) is 10.5 Å². The maximum absolute atomic E-state index is 11.8. The van der Waals surface area contributed by atoms with Gasteiger partial charge in [0, 0.05) is 30.1 Å². The number of carbonyl (C=O) groups excluding carboxylic acids is 1. The van der Waals surface area contributed by atoms with Gasteiger partial charge in [-0.15, -0.1) is 0 Å². The molecule has 1 aliphatic heterocycles. The van der Waals surface area contributed by atoms with E-state index in [1.807, 2.05) is 25.1 Å². The molecule has 1 heterocycles. The summed E-state index contributed by atoms with van der Waals surface area (Å²) >= 11 is 0. The summed E-state index contributed by atoms with van der Waals surface area (Å²) in [4.78, 5) is 14.2. The number of fused-ring (bicyclic) bond motifs is 1. The van der Waals surface area contributed by atoms with Crippen LogP contribution in [-0.2, 0) is 4.74 Å². The number of nitrogens with zero attached hydrogens (tertiary/aromatic N) is 3. The number of esters is 1. The largest absolute Gasteiger partial charge is 0.465 e. The lowest BCUT2D eigenvalue weighted by molar-refractivity contribution is 0.0600. The minimum absolute atomic E-state index is 0.107. The Morgan fingerprint density at radius 1 is 1.30 bits per heavy atom. The molecule has 2 N–H and O–H groups in total. The zero-order valence-electron chi connectivity index (χ0n) is 18.0. The number of nitriles is 2. The summed E-state index contributed by atoms with van der Waals surface area (Å²) < 4.78 is 4.81. The molecule has 0 fully saturated rings. The Morgan fingerprint density at radius 3 is 2.47 bits per heavy atom. The molecule has 6 nitrogen and oxygen atoms in total. The Bertz CT molecular complexity index is 980. The van der Waals surface area contributed by atoms with E-state index in [9.17, 15) is 15.3 Å². The second-order valence-corrected chi connectivity index (χ2v) is 8.39. The molecule has 0 saturated carbocycles. The third-order valence-corrected chi connectivity index (χ3v) is 6.56. The Hall–Kier alpha value is -3.09. The van der Waals surface area contributed by atoms with Gasteiger partial charge < -0.3 is 10.5 Å². The lowest BCUT2D eigenvalue weighted by atomic mass is 9.52. The molecule has 30 heavy (non-hydrogen) atoms. The number of rotatable bonds is 4. The molecule has 1 aliphatic carbocycles. The van der Waals surface area contributed by atoms with Crippen LogP contribution < -0.4 is 5.73 Å². The number of benzene rings is 1. The average molecular weight is 405 g/mol. The van der Waals surface area contributed by atoms with Crippen molar-refractivity contribution in [1.29, 1.82) is 10.5 Å². The van der Waals surface area contributed by atoms with Crippen LogP contribution in [0.5, 0.6) is 0 Å². The van der Waals surface area contributed by atoms with Crippen LogP contribution in [0.2, 0.25) is 0 Å². The molecule has 0 saturated heterocycles. The maximum Gasteiger partial charge on any atom is 0.337 e. The minimum atomic E-state index is -1.44. The third kappa shape index (κ3) is 3.09. The number of hydrogen-bond donors (Lipinski definition) is 1. The zero-order chi connectivity index (χ0) is 22.1. The van der Waals surface area contributed by atoms with E-state index >= 15 is 0 Å². The average Bonchev–Trinajstić information content (AvgIpc) is 2.75. The SMILES string of the molecule is CCCN1CC=C2C(C#N)(C#N)C(N)=C(C)[C@@H](c3ccc(C(=O)OC)cc3)[C@]2(C)C1. The fourth-order valence-corrected chi connectivity index (χ4v) is 5.27. The first-order valence-electron chi connectivity index (χ1n) is 10.2. The molecule has 0 spiro atoms. The highest BCUT2D eigenvalue weighted by Gasteiger charge is 2.57. The molecule has 0 radical (unpaired) electrons. The van der Waals surface area contributed by atoms with Crippen molar-refractivity contribution in [3.8, 4) is 12.1 Å². The fraction of sp³-hybridized carbons (Fsp3) is 0.458. The monoisotopic (exact) mass is 404 g/mol. The van der Waals surface area contributed by atoms with Crippen molar-refractivity contribution in [3.05, 3.63) is 58.3 Å². The molecule has 0 amide bonds. The van der Waals surface area contributed by atoms with Crippen LogP contribution in [0, 0.1) is 33.5 Å². The molecule has 156 valence electrons. The number of hydrogen-bond acceptors (Lipinski definition) is 6. The topological polar surface area (TPSA) is 103 Å². The molecule has 0 bridgehead atoms. The van der Waals surface area contributed by atoms with Gasteiger partial charge in [0.15, 0.2) is 0 Å². The first kappa shape index (κ1) is 21.6. The molecule has 3 rings (SSSR count). The summed E-state index contributed by atoms with van der Waals surface area (Å²) in [7, 11) is 1.36. The van der Waals surface area contributed by atoms with Crippen molar-refractivity contribution in [1.82, 2.24) is 4.90 Å². The summed E-state index contributed by atoms with van der Waals surface area (Å²) in [6.07, 6.45) is 3.05. The van der Waals surface area contributed by atoms with Crippen molar-refractivity contribution in [2.45, 2.75) is 33.1 Å². The van der Waals surface area contributed by atoms with Gasteiger partial charge in [-0.3, -0.25) is 4.90 Å². The van der Waals surface area contributed by atoms with E-state index in [2.05, 4.69) is 30.9 Å². The van der Waals surface area contributed by atoms with Gasteiger partial charge in [0.25, 0.3) is 0 Å². The van der Waals surface area contributed by atoms with Gasteiger partial charge >= 0.3 is 5.97 Å². The van der Waals surface area contributed by atoms with Gasteiger partial charge in [0.2, 0.25) is 5.41 Å². The van der Waals surface area contributed by atoms with Crippen molar-refractivity contribution in [3.63, 3.8) is 0 Å². The molecular weight excluding hydrogens is 376 g/mol. The van der Waals surface area contributed by atoms with Gasteiger partial charge in [0.05, 0.1) is 24.8 Å². The highest BCUT2D eigenvalue weighted by atomic mass is 16.5. The van der Waals surface area contributed by atoms with Gasteiger partial charge in [-0.1, -0.05) is 32.1 Å². The van der Waals surface area contributed by atoms with Crippen LogP contribution in [-0.4, -0.2) is 37.6 Å². The Balaban J connectivity index is 2.21. The van der Waals surface area contributed by atoms with E-state index in [1.54, 1.807) is 12.1 Å². The van der Waals surface area contributed by atoms with Gasteiger partial charge in [0.1, 0.15) is 0 Å². The van der Waals surface area contributed by atoms with Gasteiger partial charge in [-0.05, 0) is 48.7 Å². The highest BCUT2D eigenvalue weighted by Crippen LogP contribution is 2.59. The Kier molecular flexibility index (Phi) is 5.74. The van der Waals surface area contributed by atoms with E-state index in [1.165, 1.54) is 7.11 Å². The minimum Gasteiger partial charge on any atom is -0.465 e. The van der Waals surface area contributed by atoms with E-state index in [0.29, 0.717) is 17.8 Å². The van der Waals surface area contributed by atoms with Crippen molar-refractivity contribution in [2.75, 3.05) is 26.7 Å². The lowest BCUT2D eigenvalue weighted by Crippen LogP contribution is -2.53. The molecule has 1 aromatic rings. The standard InChI is InChI=1S/C24H28N4O2/c1-5-11-28-12-10-19-23(3,15-28)20(16(2)21(27)24(19,13-25)14-26)17-6-8-18(9-7-17)22(29)30-4/h6-10,20H,5,11-12,15,27H2,1-4H3/t20-,23+/m0/s1. The van der Waals surface area contributed by atoms with Crippen LogP contribution in [0.1, 0.15) is 49.0 Å². The molecule has 1 aromatic carbocycles. The first-order valence-corrected chi connectivity index (χ1v) is 10.2.